The van der Waals surface area contributed by atoms with E-state index >= 15 is 0 Å². The molecule has 0 saturated heterocycles. The predicted octanol–water partition coefficient (Wildman–Crippen LogP) is 1.61. The van der Waals surface area contributed by atoms with Crippen LogP contribution in [0.15, 0.2) is 10.9 Å². The van der Waals surface area contributed by atoms with Crippen molar-refractivity contribution < 1.29 is 9.53 Å². The molecule has 1 aromatic heterocycles. The van der Waals surface area contributed by atoms with Gasteiger partial charge in [0, 0.05) is 18.7 Å². The third-order valence-corrected chi connectivity index (χ3v) is 2.25. The largest absolute Gasteiger partial charge is 0.482 e. The molecule has 0 aromatic carbocycles. The topological polar surface area (TPSA) is 71.2 Å². The maximum atomic E-state index is 11.7. The highest BCUT2D eigenvalue weighted by molar-refractivity contribution is 5.72. The molecule has 0 aliphatic rings. The fraction of sp³-hybridized carbons (Fsp3) is 0.538. The first kappa shape index (κ1) is 16.2. The van der Waals surface area contributed by atoms with E-state index < -0.39 is 0 Å². The number of carbonyl (C=O) groups excluding carboxylic acids is 1. The third-order valence-electron chi connectivity index (χ3n) is 2.25. The van der Waals surface area contributed by atoms with Gasteiger partial charge in [-0.05, 0) is 6.42 Å². The van der Waals surface area contributed by atoms with E-state index in [1.165, 1.54) is 20.1 Å². The molecule has 0 aliphatic carbocycles. The van der Waals surface area contributed by atoms with Gasteiger partial charge >= 0.3 is 0 Å². The highest BCUT2D eigenvalue weighted by Gasteiger charge is 2.09. The normalized spacial score (nSPS) is 9.17. The maximum absolute atomic E-state index is 11.7. The van der Waals surface area contributed by atoms with Gasteiger partial charge in [0.05, 0.1) is 19.2 Å². The lowest BCUT2D eigenvalue weighted by Crippen LogP contribution is -2.24. The molecule has 0 atom stereocenters. The number of hydrogen-bond donors (Lipinski definition) is 2. The van der Waals surface area contributed by atoms with Gasteiger partial charge in [-0.1, -0.05) is 20.8 Å². The molecule has 1 aromatic rings. The Kier molecular flexibility index (Phi) is 7.51. The van der Waals surface area contributed by atoms with Crippen LogP contribution in [0.2, 0.25) is 0 Å². The molecule has 0 bridgehead atoms. The molecule has 0 radical (unpaired) electrons. The average molecular weight is 254 g/mol. The number of aromatic nitrogens is 1. The second kappa shape index (κ2) is 8.33. The number of H-pyrrole nitrogens is 1. The number of hydrogen-bond acceptors (Lipinski definition) is 3. The fourth-order valence-electron chi connectivity index (χ4n) is 1.36. The molecule has 5 heteroatoms. The summed E-state index contributed by atoms with van der Waals surface area (Å²) in [5, 5.41) is 2.58. The van der Waals surface area contributed by atoms with Crippen LogP contribution in [0.5, 0.6) is 5.88 Å². The van der Waals surface area contributed by atoms with Gasteiger partial charge in [-0.15, -0.1) is 0 Å². The summed E-state index contributed by atoms with van der Waals surface area (Å²) < 4.78 is 5.09. The van der Waals surface area contributed by atoms with E-state index in [4.69, 9.17) is 4.74 Å². The van der Waals surface area contributed by atoms with E-state index in [-0.39, 0.29) is 17.9 Å². The van der Waals surface area contributed by atoms with Crippen molar-refractivity contribution in [3.63, 3.8) is 0 Å². The summed E-state index contributed by atoms with van der Waals surface area (Å²) in [6.07, 6.45) is 0.728. The second-order valence-electron chi connectivity index (χ2n) is 3.43. The summed E-state index contributed by atoms with van der Waals surface area (Å²) in [6, 6.07) is 1.53. The highest BCUT2D eigenvalue weighted by atomic mass is 16.5. The number of rotatable bonds is 4. The lowest BCUT2D eigenvalue weighted by Gasteiger charge is -2.09. The summed E-state index contributed by atoms with van der Waals surface area (Å²) in [4.78, 5) is 25.5. The molecule has 0 unspecified atom stereocenters. The van der Waals surface area contributed by atoms with Crippen LogP contribution in [-0.2, 0) is 17.8 Å². The molecule has 0 spiro atoms. The molecule has 18 heavy (non-hydrogen) atoms. The molecule has 2 N–H and O–H groups in total. The van der Waals surface area contributed by atoms with E-state index in [2.05, 4.69) is 10.3 Å². The first-order valence-electron chi connectivity index (χ1n) is 6.12. The van der Waals surface area contributed by atoms with Crippen molar-refractivity contribution in [1.82, 2.24) is 10.3 Å². The minimum absolute atomic E-state index is 0.124. The van der Waals surface area contributed by atoms with Crippen molar-refractivity contribution in [2.75, 3.05) is 7.11 Å². The van der Waals surface area contributed by atoms with Gasteiger partial charge in [0.25, 0.3) is 0 Å². The predicted molar refractivity (Wildman–Crippen MR) is 71.9 cm³/mol. The van der Waals surface area contributed by atoms with Crippen LogP contribution in [0, 0.1) is 0 Å². The van der Waals surface area contributed by atoms with E-state index in [0.717, 1.165) is 12.1 Å². The van der Waals surface area contributed by atoms with Crippen LogP contribution in [0.3, 0.4) is 0 Å². The number of carbonyl (C=O) groups is 1. The Morgan fingerprint density at radius 2 is 2.06 bits per heavy atom. The SMILES string of the molecule is CC.CCc1cc(=O)c(CNC(C)=O)c(OC)[nH]1. The summed E-state index contributed by atoms with van der Waals surface area (Å²) in [6.45, 7) is 7.52. The van der Waals surface area contributed by atoms with Crippen LogP contribution in [0.4, 0.5) is 0 Å². The molecule has 0 fully saturated rings. The molecular formula is C13H22N2O3. The van der Waals surface area contributed by atoms with Crippen LogP contribution >= 0.6 is 0 Å². The molecule has 0 aliphatic heterocycles. The number of pyridine rings is 1. The van der Waals surface area contributed by atoms with Crippen molar-refractivity contribution in [2.45, 2.75) is 40.7 Å². The Morgan fingerprint density at radius 1 is 1.44 bits per heavy atom. The highest BCUT2D eigenvalue weighted by Crippen LogP contribution is 2.11. The van der Waals surface area contributed by atoms with E-state index in [0.29, 0.717) is 11.4 Å². The zero-order chi connectivity index (χ0) is 14.1. The van der Waals surface area contributed by atoms with Crippen LogP contribution in [0.25, 0.3) is 0 Å². The first-order chi connectivity index (χ1) is 8.58. The smallest absolute Gasteiger partial charge is 0.217 e. The molecule has 1 heterocycles. The number of ether oxygens (including phenoxy) is 1. The minimum Gasteiger partial charge on any atom is -0.482 e. The lowest BCUT2D eigenvalue weighted by atomic mass is 10.2. The van der Waals surface area contributed by atoms with Gasteiger partial charge in [0.1, 0.15) is 0 Å². The number of methoxy groups -OCH3 is 1. The number of nitrogens with one attached hydrogen (secondary N) is 2. The molecule has 0 saturated carbocycles. The molecule has 1 rings (SSSR count). The third kappa shape index (κ3) is 4.61. The van der Waals surface area contributed by atoms with Crippen LogP contribution < -0.4 is 15.5 Å². The average Bonchev–Trinajstić information content (AvgIpc) is 2.38. The minimum atomic E-state index is -0.180. The van der Waals surface area contributed by atoms with Crippen molar-refractivity contribution >= 4 is 5.91 Å². The van der Waals surface area contributed by atoms with Crippen molar-refractivity contribution in [3.05, 3.63) is 27.5 Å². The quantitative estimate of drug-likeness (QED) is 0.857. The summed E-state index contributed by atoms with van der Waals surface area (Å²) in [5.74, 6) is 0.235. The van der Waals surface area contributed by atoms with Crippen LogP contribution in [0.1, 0.15) is 39.0 Å². The van der Waals surface area contributed by atoms with Gasteiger partial charge in [-0.3, -0.25) is 9.59 Å². The first-order valence-corrected chi connectivity index (χ1v) is 6.12. The molecule has 5 nitrogen and oxygen atoms in total. The van der Waals surface area contributed by atoms with E-state index in [9.17, 15) is 9.59 Å². The fourth-order valence-corrected chi connectivity index (χ4v) is 1.36. The van der Waals surface area contributed by atoms with Crippen LogP contribution in [-0.4, -0.2) is 18.0 Å². The number of amides is 1. The van der Waals surface area contributed by atoms with Crippen molar-refractivity contribution in [3.8, 4) is 5.88 Å². The number of aryl methyl sites for hydroxylation is 1. The maximum Gasteiger partial charge on any atom is 0.217 e. The zero-order valence-corrected chi connectivity index (χ0v) is 11.7. The van der Waals surface area contributed by atoms with Gasteiger partial charge < -0.3 is 15.0 Å². The Morgan fingerprint density at radius 3 is 2.50 bits per heavy atom. The standard InChI is InChI=1S/C11H16N2O3.C2H6/c1-4-8-5-10(15)9(6-12-7(2)14)11(13-8)16-3;1-2/h5H,4,6H2,1-3H3,(H,12,14)(H,13,15);1-2H3. The molecule has 102 valence electrons. The van der Waals surface area contributed by atoms with Crippen molar-refractivity contribution in [2.24, 2.45) is 0 Å². The number of aromatic amines is 1. The molecular weight excluding hydrogens is 232 g/mol. The zero-order valence-electron chi connectivity index (χ0n) is 11.7. The van der Waals surface area contributed by atoms with E-state index in [1.54, 1.807) is 0 Å². The lowest BCUT2D eigenvalue weighted by molar-refractivity contribution is -0.119. The monoisotopic (exact) mass is 254 g/mol. The van der Waals surface area contributed by atoms with Gasteiger partial charge in [-0.25, -0.2) is 0 Å². The Balaban J connectivity index is 0.00000137. The van der Waals surface area contributed by atoms with Crippen molar-refractivity contribution in [1.29, 1.82) is 0 Å². The van der Waals surface area contributed by atoms with Gasteiger partial charge in [0.15, 0.2) is 11.3 Å². The summed E-state index contributed by atoms with van der Waals surface area (Å²) in [5.41, 5.74) is 1.13. The van der Waals surface area contributed by atoms with E-state index in [1.807, 2.05) is 20.8 Å². The Hall–Kier alpha value is -1.78. The summed E-state index contributed by atoms with van der Waals surface area (Å²) >= 11 is 0. The summed E-state index contributed by atoms with van der Waals surface area (Å²) in [7, 11) is 1.49. The van der Waals surface area contributed by atoms with Gasteiger partial charge in [-0.2, -0.15) is 0 Å². The Bertz CT molecular complexity index is 438. The molecule has 1 amide bonds. The Labute approximate surface area is 108 Å². The second-order valence-corrected chi connectivity index (χ2v) is 3.43. The van der Waals surface area contributed by atoms with Gasteiger partial charge in [0.2, 0.25) is 5.91 Å².